The van der Waals surface area contributed by atoms with Crippen molar-refractivity contribution in [3.8, 4) is 5.75 Å². The summed E-state index contributed by atoms with van der Waals surface area (Å²) in [6.07, 6.45) is 5.64. The first-order valence-electron chi connectivity index (χ1n) is 14.2. The highest BCUT2D eigenvalue weighted by Crippen LogP contribution is 2.45. The zero-order chi connectivity index (χ0) is 26.3. The smallest absolute Gasteiger partial charge is 0.192 e. The molecule has 0 saturated carbocycles. The summed E-state index contributed by atoms with van der Waals surface area (Å²) in [4.78, 5) is 7.40. The Balaban J connectivity index is 1.34. The largest absolute Gasteiger partial charge is 0.428 e. The Hall–Kier alpha value is -2.74. The Morgan fingerprint density at radius 3 is 2.41 bits per heavy atom. The van der Waals surface area contributed by atoms with Crippen LogP contribution in [0.5, 0.6) is 5.75 Å². The van der Waals surface area contributed by atoms with Crippen LogP contribution in [0.4, 0.5) is 0 Å². The lowest BCUT2D eigenvalue weighted by atomic mass is 9.72. The maximum atomic E-state index is 7.16. The lowest BCUT2D eigenvalue weighted by molar-refractivity contribution is -0.0875. The summed E-state index contributed by atoms with van der Waals surface area (Å²) in [7, 11) is 0. The van der Waals surface area contributed by atoms with E-state index in [1.165, 1.54) is 58.5 Å². The van der Waals surface area contributed by atoms with Gasteiger partial charge in [-0.2, -0.15) is 0 Å². The van der Waals surface area contributed by atoms with E-state index in [1.54, 1.807) is 0 Å². The predicted octanol–water partition coefficient (Wildman–Crippen LogP) is 8.65. The number of halogens is 1. The van der Waals surface area contributed by atoms with Gasteiger partial charge >= 0.3 is 0 Å². The maximum Gasteiger partial charge on any atom is 0.192 e. The summed E-state index contributed by atoms with van der Waals surface area (Å²) >= 11 is 1.96. The van der Waals surface area contributed by atoms with Crippen molar-refractivity contribution in [1.29, 1.82) is 0 Å². The third-order valence-electron chi connectivity index (χ3n) is 9.24. The number of rotatable bonds is 7. The lowest BCUT2D eigenvalue weighted by Crippen LogP contribution is -2.55. The topological polar surface area (TPSA) is 34.6 Å². The van der Waals surface area contributed by atoms with Gasteiger partial charge in [0.05, 0.1) is 18.2 Å². The number of hydrogen-bond donors (Lipinski definition) is 0. The molecule has 8 rings (SSSR count). The first-order valence-corrected chi connectivity index (χ1v) is 15.0. The summed E-state index contributed by atoms with van der Waals surface area (Å²) in [5, 5.41) is 6.18. The van der Waals surface area contributed by atoms with Crippen LogP contribution in [0.3, 0.4) is 0 Å². The molecule has 5 heteroatoms. The van der Waals surface area contributed by atoms with Gasteiger partial charge in [0.15, 0.2) is 23.0 Å². The Bertz CT molecular complexity index is 1600. The quantitative estimate of drug-likeness (QED) is 0.134. The molecular weight excluding hydrogens is 595 g/mol. The number of pyridine rings is 1. The number of benzene rings is 4. The molecular formula is C34H33IN2O2. The van der Waals surface area contributed by atoms with Crippen LogP contribution < -0.4 is 3.07 Å². The van der Waals surface area contributed by atoms with Crippen LogP contribution in [0.1, 0.15) is 43.4 Å². The second kappa shape index (κ2) is 10.7. The third-order valence-corrected chi connectivity index (χ3v) is 9.75. The van der Waals surface area contributed by atoms with Crippen LogP contribution in [-0.2, 0) is 11.3 Å². The first kappa shape index (κ1) is 25.2. The summed E-state index contributed by atoms with van der Waals surface area (Å²) in [5.41, 5.74) is 3.47. The summed E-state index contributed by atoms with van der Waals surface area (Å²) in [6.45, 7) is 5.25. The zero-order valence-corrected chi connectivity index (χ0v) is 24.4. The van der Waals surface area contributed by atoms with Crippen molar-refractivity contribution in [2.45, 2.75) is 44.9 Å². The Labute approximate surface area is 244 Å². The van der Waals surface area contributed by atoms with Gasteiger partial charge in [0.25, 0.3) is 0 Å². The SMILES string of the molecule is CCC1CN2CCC1CC2[C@@H](OCc1c2ccccc2cc2ccccc12)c1ccnc2ccc(OI)cc12. The minimum atomic E-state index is -0.0571. The van der Waals surface area contributed by atoms with Crippen LogP contribution in [-0.4, -0.2) is 29.0 Å². The predicted molar refractivity (Wildman–Crippen MR) is 167 cm³/mol. The van der Waals surface area contributed by atoms with Crippen molar-refractivity contribution in [2.24, 2.45) is 11.8 Å². The van der Waals surface area contributed by atoms with E-state index in [0.29, 0.717) is 12.6 Å². The van der Waals surface area contributed by atoms with Gasteiger partial charge in [0.1, 0.15) is 5.75 Å². The van der Waals surface area contributed by atoms with Gasteiger partial charge in [-0.25, -0.2) is 0 Å². The molecule has 0 aliphatic carbocycles. The molecule has 198 valence electrons. The number of nitrogens with zero attached hydrogens (tertiary/aromatic N) is 2. The van der Waals surface area contributed by atoms with Crippen molar-refractivity contribution >= 4 is 55.5 Å². The highest BCUT2D eigenvalue weighted by Gasteiger charge is 2.43. The van der Waals surface area contributed by atoms with E-state index in [4.69, 9.17) is 12.8 Å². The van der Waals surface area contributed by atoms with Gasteiger partial charge in [-0.1, -0.05) is 61.9 Å². The molecule has 4 unspecified atom stereocenters. The van der Waals surface area contributed by atoms with E-state index in [1.807, 2.05) is 35.3 Å². The van der Waals surface area contributed by atoms with Gasteiger partial charge in [0, 0.05) is 24.2 Å². The molecule has 0 spiro atoms. The molecule has 39 heavy (non-hydrogen) atoms. The van der Waals surface area contributed by atoms with E-state index in [-0.39, 0.29) is 6.10 Å². The van der Waals surface area contributed by atoms with Crippen LogP contribution >= 0.6 is 23.0 Å². The molecule has 0 N–H and O–H groups in total. The highest BCUT2D eigenvalue weighted by molar-refractivity contribution is 14.1. The van der Waals surface area contributed by atoms with Crippen LogP contribution in [0, 0.1) is 11.8 Å². The van der Waals surface area contributed by atoms with Crippen LogP contribution in [0.2, 0.25) is 0 Å². The molecule has 4 heterocycles. The first-order chi connectivity index (χ1) is 19.2. The summed E-state index contributed by atoms with van der Waals surface area (Å²) in [5.74, 6) is 2.41. The van der Waals surface area contributed by atoms with Crippen molar-refractivity contribution in [2.75, 3.05) is 13.1 Å². The molecule has 3 saturated heterocycles. The van der Waals surface area contributed by atoms with Gasteiger partial charge < -0.3 is 7.80 Å². The fourth-order valence-corrected chi connectivity index (χ4v) is 7.52. The maximum absolute atomic E-state index is 7.16. The summed E-state index contributed by atoms with van der Waals surface area (Å²) < 4.78 is 12.8. The molecule has 2 bridgehead atoms. The second-order valence-corrected chi connectivity index (χ2v) is 11.6. The number of hydrogen-bond acceptors (Lipinski definition) is 4. The minimum absolute atomic E-state index is 0.0571. The minimum Gasteiger partial charge on any atom is -0.428 e. The van der Waals surface area contributed by atoms with Crippen LogP contribution in [0.15, 0.2) is 85.1 Å². The van der Waals surface area contributed by atoms with Gasteiger partial charge in [-0.15, -0.1) is 0 Å². The van der Waals surface area contributed by atoms with Crippen LogP contribution in [0.25, 0.3) is 32.4 Å². The summed E-state index contributed by atoms with van der Waals surface area (Å²) in [6, 6.07) is 28.4. The third kappa shape index (κ3) is 4.58. The van der Waals surface area contributed by atoms with E-state index in [2.05, 4.69) is 84.6 Å². The fraction of sp³-hybridized carbons (Fsp3) is 0.324. The molecule has 5 aromatic rings. The molecule has 3 aliphatic rings. The lowest BCUT2D eigenvalue weighted by Gasteiger charge is -2.52. The number of aromatic nitrogens is 1. The normalized spacial score (nSPS) is 23.4. The van der Waals surface area contributed by atoms with Crippen molar-refractivity contribution < 1.29 is 7.80 Å². The average Bonchev–Trinajstić information content (AvgIpc) is 3.00. The zero-order valence-electron chi connectivity index (χ0n) is 22.2. The van der Waals surface area contributed by atoms with Crippen molar-refractivity contribution in [3.63, 3.8) is 0 Å². The number of fused-ring (bicyclic) bond motifs is 6. The van der Waals surface area contributed by atoms with Gasteiger partial charge in [-0.05, 0) is 94.2 Å². The molecule has 4 nitrogen and oxygen atoms in total. The standard InChI is InChI=1S/C34H33IN2O2/c1-2-22-20-37-16-14-23(22)18-33(37)34(29-13-15-36-32-12-11-26(39-35)19-30(29)32)38-21-31-27-9-5-3-7-24(27)17-25-8-4-6-10-28(25)31/h3-13,15,17,19,22-23,33-34H,2,14,16,18,20-21H2,1H3/t22?,23?,33?,34-/m0/s1. The molecule has 3 aliphatic heterocycles. The monoisotopic (exact) mass is 628 g/mol. The molecule has 0 amide bonds. The Morgan fingerprint density at radius 1 is 0.949 bits per heavy atom. The van der Waals surface area contributed by atoms with E-state index in [9.17, 15) is 0 Å². The van der Waals surface area contributed by atoms with E-state index < -0.39 is 0 Å². The Kier molecular flexibility index (Phi) is 6.91. The number of ether oxygens (including phenoxy) is 1. The van der Waals surface area contributed by atoms with E-state index >= 15 is 0 Å². The molecule has 5 atom stereocenters. The molecule has 1 aromatic heterocycles. The van der Waals surface area contributed by atoms with Crippen molar-refractivity contribution in [1.82, 2.24) is 9.88 Å². The molecule has 3 fully saturated rings. The van der Waals surface area contributed by atoms with Crippen molar-refractivity contribution in [3.05, 3.63) is 96.2 Å². The number of piperidine rings is 3. The fourth-order valence-electron chi connectivity index (χ4n) is 7.24. The molecule has 0 radical (unpaired) electrons. The second-order valence-electron chi connectivity index (χ2n) is 11.2. The van der Waals surface area contributed by atoms with Gasteiger partial charge in [0.2, 0.25) is 0 Å². The van der Waals surface area contributed by atoms with E-state index in [0.717, 1.165) is 35.0 Å². The van der Waals surface area contributed by atoms with Gasteiger partial charge in [-0.3, -0.25) is 9.88 Å². The molecule has 4 aromatic carbocycles. The average molecular weight is 629 g/mol. The Morgan fingerprint density at radius 2 is 1.72 bits per heavy atom. The highest BCUT2D eigenvalue weighted by atomic mass is 127.